The van der Waals surface area contributed by atoms with Crippen molar-refractivity contribution in [1.82, 2.24) is 0 Å². The van der Waals surface area contributed by atoms with Gasteiger partial charge in [-0.2, -0.15) is 0 Å². The van der Waals surface area contributed by atoms with Crippen molar-refractivity contribution in [3.8, 4) is 34.3 Å². The molecule has 0 aliphatic carbocycles. The molecule has 3 aromatic rings. The highest BCUT2D eigenvalue weighted by atomic mass is 16.7. The summed E-state index contributed by atoms with van der Waals surface area (Å²) in [6.45, 7) is 2.13. The van der Waals surface area contributed by atoms with E-state index in [9.17, 15) is 10.2 Å². The Labute approximate surface area is 120 Å². The standard InChI is InChI=1S/C16H12O5/c1-8-11-5-14-15(20-7-19-14)6-13(11)21-16(8)10-3-2-9(17)4-12(10)18/h2-6,17-18H,7H2,1H3. The number of phenolic OH excluding ortho intramolecular Hbond substituents is 2. The van der Waals surface area contributed by atoms with Gasteiger partial charge < -0.3 is 24.1 Å². The maximum Gasteiger partial charge on any atom is 0.231 e. The predicted molar refractivity (Wildman–Crippen MR) is 75.8 cm³/mol. The fourth-order valence-electron chi connectivity index (χ4n) is 2.58. The van der Waals surface area contributed by atoms with Crippen molar-refractivity contribution in [2.45, 2.75) is 6.92 Å². The largest absolute Gasteiger partial charge is 0.508 e. The third-order valence-electron chi connectivity index (χ3n) is 3.66. The monoisotopic (exact) mass is 284 g/mol. The summed E-state index contributed by atoms with van der Waals surface area (Å²) in [5.74, 6) is 1.87. The number of fused-ring (bicyclic) bond motifs is 2. The van der Waals surface area contributed by atoms with Crippen LogP contribution in [0.2, 0.25) is 0 Å². The highest BCUT2D eigenvalue weighted by Gasteiger charge is 2.21. The van der Waals surface area contributed by atoms with E-state index in [-0.39, 0.29) is 18.3 Å². The van der Waals surface area contributed by atoms with E-state index < -0.39 is 0 Å². The molecule has 21 heavy (non-hydrogen) atoms. The zero-order chi connectivity index (χ0) is 14.6. The predicted octanol–water partition coefficient (Wildman–Crippen LogP) is 3.55. The summed E-state index contributed by atoms with van der Waals surface area (Å²) in [4.78, 5) is 0. The topological polar surface area (TPSA) is 72.1 Å². The Hall–Kier alpha value is -2.82. The lowest BCUT2D eigenvalue weighted by Crippen LogP contribution is -1.92. The fraction of sp³-hybridized carbons (Fsp3) is 0.125. The van der Waals surface area contributed by atoms with Crippen LogP contribution in [-0.2, 0) is 0 Å². The minimum Gasteiger partial charge on any atom is -0.508 e. The molecule has 0 amide bonds. The summed E-state index contributed by atoms with van der Waals surface area (Å²) in [5, 5.41) is 20.3. The Balaban J connectivity index is 1.96. The number of furan rings is 1. The van der Waals surface area contributed by atoms with E-state index in [1.165, 1.54) is 12.1 Å². The van der Waals surface area contributed by atoms with Gasteiger partial charge in [-0.3, -0.25) is 0 Å². The van der Waals surface area contributed by atoms with Gasteiger partial charge in [0.05, 0.1) is 5.56 Å². The molecule has 0 spiro atoms. The third kappa shape index (κ3) is 1.71. The second-order valence-corrected chi connectivity index (χ2v) is 4.96. The van der Waals surface area contributed by atoms with Crippen LogP contribution in [0.1, 0.15) is 5.56 Å². The van der Waals surface area contributed by atoms with Crippen molar-refractivity contribution in [3.05, 3.63) is 35.9 Å². The summed E-state index contributed by atoms with van der Waals surface area (Å²) in [6, 6.07) is 8.07. The van der Waals surface area contributed by atoms with Gasteiger partial charge in [0.25, 0.3) is 0 Å². The Kier molecular flexibility index (Phi) is 2.33. The molecule has 2 aromatic carbocycles. The molecule has 4 rings (SSSR count). The van der Waals surface area contributed by atoms with Gasteiger partial charge in [-0.25, -0.2) is 0 Å². The summed E-state index contributed by atoms with van der Waals surface area (Å²) in [6.07, 6.45) is 0. The summed E-state index contributed by atoms with van der Waals surface area (Å²) in [7, 11) is 0. The van der Waals surface area contributed by atoms with Crippen LogP contribution in [0, 0.1) is 6.92 Å². The number of benzene rings is 2. The molecule has 0 fully saturated rings. The van der Waals surface area contributed by atoms with Crippen molar-refractivity contribution < 1.29 is 24.1 Å². The molecule has 5 heteroatoms. The minimum atomic E-state index is -0.0304. The summed E-state index contributed by atoms with van der Waals surface area (Å²) in [5.41, 5.74) is 2.09. The first-order valence-electron chi connectivity index (χ1n) is 6.48. The first-order chi connectivity index (χ1) is 10.1. The number of hydrogen-bond acceptors (Lipinski definition) is 5. The SMILES string of the molecule is Cc1c(-c2ccc(O)cc2O)oc2cc3c(cc12)OCO3. The number of hydrogen-bond donors (Lipinski definition) is 2. The number of ether oxygens (including phenoxy) is 2. The van der Waals surface area contributed by atoms with E-state index in [1.54, 1.807) is 12.1 Å². The summed E-state index contributed by atoms with van der Waals surface area (Å²) >= 11 is 0. The Morgan fingerprint density at radius 2 is 1.76 bits per heavy atom. The van der Waals surface area contributed by atoms with Crippen LogP contribution >= 0.6 is 0 Å². The highest BCUT2D eigenvalue weighted by molar-refractivity contribution is 5.91. The smallest absolute Gasteiger partial charge is 0.231 e. The zero-order valence-electron chi connectivity index (χ0n) is 11.2. The Morgan fingerprint density at radius 1 is 1.00 bits per heavy atom. The van der Waals surface area contributed by atoms with Crippen molar-refractivity contribution >= 4 is 11.0 Å². The van der Waals surface area contributed by atoms with Gasteiger partial charge in [0, 0.05) is 23.1 Å². The average Bonchev–Trinajstić information content (AvgIpc) is 3.02. The molecule has 2 heterocycles. The molecule has 0 radical (unpaired) electrons. The number of aromatic hydroxyl groups is 2. The van der Waals surface area contributed by atoms with Gasteiger partial charge in [0.15, 0.2) is 11.5 Å². The van der Waals surface area contributed by atoms with E-state index in [0.717, 1.165) is 10.9 Å². The van der Waals surface area contributed by atoms with Crippen molar-refractivity contribution in [3.63, 3.8) is 0 Å². The van der Waals surface area contributed by atoms with Gasteiger partial charge in [0.2, 0.25) is 6.79 Å². The van der Waals surface area contributed by atoms with Gasteiger partial charge in [-0.1, -0.05) is 0 Å². The quantitative estimate of drug-likeness (QED) is 0.715. The van der Waals surface area contributed by atoms with Crippen molar-refractivity contribution in [2.24, 2.45) is 0 Å². The van der Waals surface area contributed by atoms with Gasteiger partial charge >= 0.3 is 0 Å². The second kappa shape index (κ2) is 4.09. The fourth-order valence-corrected chi connectivity index (χ4v) is 2.58. The lowest BCUT2D eigenvalue weighted by molar-refractivity contribution is 0.174. The van der Waals surface area contributed by atoms with Crippen molar-refractivity contribution in [2.75, 3.05) is 6.79 Å². The molecule has 0 saturated heterocycles. The Morgan fingerprint density at radius 3 is 2.52 bits per heavy atom. The Bertz CT molecular complexity index is 863. The molecule has 5 nitrogen and oxygen atoms in total. The van der Waals surface area contributed by atoms with Crippen LogP contribution in [-0.4, -0.2) is 17.0 Å². The molecular formula is C16H12O5. The van der Waals surface area contributed by atoms with Crippen LogP contribution in [0.3, 0.4) is 0 Å². The highest BCUT2D eigenvalue weighted by Crippen LogP contribution is 2.43. The minimum absolute atomic E-state index is 0.00536. The molecule has 2 N–H and O–H groups in total. The third-order valence-corrected chi connectivity index (χ3v) is 3.66. The molecule has 0 unspecified atom stereocenters. The number of rotatable bonds is 1. The van der Waals surface area contributed by atoms with Crippen LogP contribution in [0.5, 0.6) is 23.0 Å². The molecule has 1 aromatic heterocycles. The number of phenols is 2. The average molecular weight is 284 g/mol. The van der Waals surface area contributed by atoms with E-state index in [2.05, 4.69) is 0 Å². The van der Waals surface area contributed by atoms with E-state index in [1.807, 2.05) is 13.0 Å². The van der Waals surface area contributed by atoms with Crippen LogP contribution in [0.4, 0.5) is 0 Å². The molecule has 1 aliphatic rings. The molecule has 106 valence electrons. The van der Waals surface area contributed by atoms with Gasteiger partial charge in [-0.15, -0.1) is 0 Å². The maximum absolute atomic E-state index is 9.99. The van der Waals surface area contributed by atoms with Crippen LogP contribution in [0.15, 0.2) is 34.7 Å². The molecule has 0 saturated carbocycles. The normalized spacial score (nSPS) is 13.0. The van der Waals surface area contributed by atoms with E-state index in [4.69, 9.17) is 13.9 Å². The van der Waals surface area contributed by atoms with Crippen LogP contribution in [0.25, 0.3) is 22.3 Å². The maximum atomic E-state index is 9.99. The molecule has 0 bridgehead atoms. The van der Waals surface area contributed by atoms with E-state index in [0.29, 0.717) is 28.4 Å². The van der Waals surface area contributed by atoms with Crippen LogP contribution < -0.4 is 9.47 Å². The second-order valence-electron chi connectivity index (χ2n) is 4.96. The van der Waals surface area contributed by atoms with Gasteiger partial charge in [-0.05, 0) is 25.1 Å². The number of aryl methyl sites for hydroxylation is 1. The molecule has 0 atom stereocenters. The first-order valence-corrected chi connectivity index (χ1v) is 6.48. The lowest BCUT2D eigenvalue weighted by atomic mass is 10.1. The van der Waals surface area contributed by atoms with Gasteiger partial charge in [0.1, 0.15) is 22.8 Å². The zero-order valence-corrected chi connectivity index (χ0v) is 11.2. The van der Waals surface area contributed by atoms with Crippen molar-refractivity contribution in [1.29, 1.82) is 0 Å². The summed E-state index contributed by atoms with van der Waals surface area (Å²) < 4.78 is 16.6. The molecular weight excluding hydrogens is 272 g/mol. The lowest BCUT2D eigenvalue weighted by Gasteiger charge is -2.03. The first kappa shape index (κ1) is 12.0. The van der Waals surface area contributed by atoms with E-state index >= 15 is 0 Å². The molecule has 1 aliphatic heterocycles.